The highest BCUT2D eigenvalue weighted by atomic mass is 35.5. The Morgan fingerprint density at radius 2 is 2.12 bits per heavy atom. The topological polar surface area (TPSA) is 58.4 Å². The Bertz CT molecular complexity index is 746. The lowest BCUT2D eigenvalue weighted by molar-refractivity contribution is -0.272. The molecule has 0 aromatic carbocycles. The van der Waals surface area contributed by atoms with Gasteiger partial charge in [0.05, 0.1) is 17.3 Å². The van der Waals surface area contributed by atoms with Crippen molar-refractivity contribution in [2.24, 2.45) is 7.05 Å². The van der Waals surface area contributed by atoms with E-state index in [0.717, 1.165) is 15.6 Å². The molecule has 138 valence electrons. The number of nitrogens with zero attached hydrogens (tertiary/aromatic N) is 3. The van der Waals surface area contributed by atoms with Gasteiger partial charge < -0.3 is 14.6 Å². The van der Waals surface area contributed by atoms with Gasteiger partial charge >= 0.3 is 6.18 Å². The van der Waals surface area contributed by atoms with E-state index in [-0.39, 0.29) is 13.1 Å². The van der Waals surface area contributed by atoms with Gasteiger partial charge in [-0.1, -0.05) is 11.6 Å². The summed E-state index contributed by atoms with van der Waals surface area (Å²) < 4.78 is 42.1. The summed E-state index contributed by atoms with van der Waals surface area (Å²) in [5.41, 5.74) is -3.36. The van der Waals surface area contributed by atoms with Gasteiger partial charge in [-0.25, -0.2) is 4.98 Å². The summed E-state index contributed by atoms with van der Waals surface area (Å²) >= 11 is 7.08. The summed E-state index contributed by atoms with van der Waals surface area (Å²) in [7, 11) is 1.33. The van der Waals surface area contributed by atoms with Gasteiger partial charge in [-0.3, -0.25) is 4.79 Å². The predicted octanol–water partition coefficient (Wildman–Crippen LogP) is 3.32. The highest BCUT2D eigenvalue weighted by Gasteiger charge is 2.59. The number of imidazole rings is 1. The average molecular weight is 396 g/mol. The van der Waals surface area contributed by atoms with Crippen molar-refractivity contribution in [1.29, 1.82) is 0 Å². The molecule has 0 aliphatic heterocycles. The van der Waals surface area contributed by atoms with Crippen molar-refractivity contribution in [2.75, 3.05) is 6.54 Å². The van der Waals surface area contributed by atoms with Gasteiger partial charge in [-0.05, 0) is 19.1 Å². The van der Waals surface area contributed by atoms with Crippen molar-refractivity contribution in [3.05, 3.63) is 39.6 Å². The monoisotopic (exact) mass is 395 g/mol. The maximum Gasteiger partial charge on any atom is 0.425 e. The van der Waals surface area contributed by atoms with Crippen LogP contribution in [0.1, 0.15) is 24.0 Å². The van der Waals surface area contributed by atoms with Crippen LogP contribution in [-0.4, -0.2) is 38.2 Å². The molecular weight excluding hydrogens is 379 g/mol. The van der Waals surface area contributed by atoms with Crippen LogP contribution < -0.4 is 0 Å². The zero-order chi connectivity index (χ0) is 18.8. The van der Waals surface area contributed by atoms with Gasteiger partial charge in [0.2, 0.25) is 11.5 Å². The highest BCUT2D eigenvalue weighted by Crippen LogP contribution is 2.41. The van der Waals surface area contributed by atoms with Crippen LogP contribution in [0.4, 0.5) is 13.2 Å². The maximum atomic E-state index is 13.5. The molecule has 2 aromatic heterocycles. The van der Waals surface area contributed by atoms with E-state index in [0.29, 0.717) is 4.34 Å². The normalized spacial score (nSPS) is 14.4. The molecule has 1 unspecified atom stereocenters. The minimum absolute atomic E-state index is 0.126. The van der Waals surface area contributed by atoms with Gasteiger partial charge in [0, 0.05) is 30.9 Å². The SMILES string of the molecule is CCN(Cc1ccc(Cl)s1)C(=O)CC(O)(c1nccn1C)C(F)(F)F. The largest absolute Gasteiger partial charge is 0.425 e. The van der Waals surface area contributed by atoms with E-state index in [9.17, 15) is 23.1 Å². The number of hydrogen-bond acceptors (Lipinski definition) is 4. The molecule has 0 saturated carbocycles. The molecule has 0 bridgehead atoms. The summed E-state index contributed by atoms with van der Waals surface area (Å²) in [5, 5.41) is 10.3. The molecule has 0 spiro atoms. The number of amides is 1. The summed E-state index contributed by atoms with van der Waals surface area (Å²) in [6.45, 7) is 1.98. The standard InChI is InChI=1S/C15H17ClF3N3O2S/c1-3-22(9-10-4-5-11(16)25-10)12(23)8-14(24,15(17,18)19)13-20-6-7-21(13)2/h4-7,24H,3,8-9H2,1-2H3. The van der Waals surface area contributed by atoms with E-state index in [2.05, 4.69) is 4.98 Å². The second-order valence-electron chi connectivity index (χ2n) is 5.51. The second kappa shape index (κ2) is 7.35. The lowest BCUT2D eigenvalue weighted by Crippen LogP contribution is -2.48. The molecule has 0 aliphatic carbocycles. The van der Waals surface area contributed by atoms with Crippen molar-refractivity contribution in [3.63, 3.8) is 0 Å². The summed E-state index contributed by atoms with van der Waals surface area (Å²) in [5.74, 6) is -1.45. The molecule has 1 N–H and O–H groups in total. The summed E-state index contributed by atoms with van der Waals surface area (Å²) in [6.07, 6.45) is -3.77. The third kappa shape index (κ3) is 4.16. The lowest BCUT2D eigenvalue weighted by atomic mass is 9.96. The number of aliphatic hydroxyl groups is 1. The van der Waals surface area contributed by atoms with Crippen LogP contribution in [0.25, 0.3) is 0 Å². The van der Waals surface area contributed by atoms with E-state index in [1.165, 1.54) is 29.5 Å². The number of hydrogen-bond donors (Lipinski definition) is 1. The smallest absolute Gasteiger partial charge is 0.374 e. The van der Waals surface area contributed by atoms with E-state index in [1.807, 2.05) is 0 Å². The Kier molecular flexibility index (Phi) is 5.80. The first-order chi connectivity index (χ1) is 11.6. The molecule has 25 heavy (non-hydrogen) atoms. The fraction of sp³-hybridized carbons (Fsp3) is 0.467. The Hall–Kier alpha value is -1.58. The molecule has 0 saturated heterocycles. The number of carbonyl (C=O) groups excluding carboxylic acids is 1. The van der Waals surface area contributed by atoms with Crippen LogP contribution in [0.15, 0.2) is 24.5 Å². The number of alkyl halides is 3. The number of aromatic nitrogens is 2. The van der Waals surface area contributed by atoms with Crippen LogP contribution in [-0.2, 0) is 24.0 Å². The van der Waals surface area contributed by atoms with E-state index in [4.69, 9.17) is 11.6 Å². The first-order valence-corrected chi connectivity index (χ1v) is 8.57. The minimum Gasteiger partial charge on any atom is -0.374 e. The molecular formula is C15H17ClF3N3O2S. The molecule has 0 aliphatic rings. The second-order valence-corrected chi connectivity index (χ2v) is 7.31. The van der Waals surface area contributed by atoms with Crippen LogP contribution in [0.3, 0.4) is 0 Å². The molecule has 5 nitrogen and oxygen atoms in total. The first kappa shape index (κ1) is 19.7. The van der Waals surface area contributed by atoms with E-state index >= 15 is 0 Å². The predicted molar refractivity (Wildman–Crippen MR) is 88.2 cm³/mol. The molecule has 0 fully saturated rings. The van der Waals surface area contributed by atoms with Gasteiger partial charge in [-0.15, -0.1) is 11.3 Å². The fourth-order valence-electron chi connectivity index (χ4n) is 2.40. The lowest BCUT2D eigenvalue weighted by Gasteiger charge is -2.31. The Labute approximate surface area is 151 Å². The van der Waals surface area contributed by atoms with E-state index < -0.39 is 29.9 Å². The zero-order valence-corrected chi connectivity index (χ0v) is 15.1. The quantitative estimate of drug-likeness (QED) is 0.816. The Morgan fingerprint density at radius 1 is 1.44 bits per heavy atom. The number of carbonyl (C=O) groups is 1. The van der Waals surface area contributed by atoms with Crippen molar-refractivity contribution in [1.82, 2.24) is 14.5 Å². The van der Waals surface area contributed by atoms with Crippen LogP contribution in [0.5, 0.6) is 0 Å². The molecule has 0 radical (unpaired) electrons. The fourth-order valence-corrected chi connectivity index (χ4v) is 3.51. The van der Waals surface area contributed by atoms with E-state index in [1.54, 1.807) is 19.1 Å². The molecule has 2 heterocycles. The Morgan fingerprint density at radius 3 is 2.56 bits per heavy atom. The van der Waals surface area contributed by atoms with Crippen LogP contribution in [0.2, 0.25) is 4.34 Å². The summed E-state index contributed by atoms with van der Waals surface area (Å²) in [6, 6.07) is 3.36. The molecule has 2 aromatic rings. The number of rotatable bonds is 6. The first-order valence-electron chi connectivity index (χ1n) is 7.37. The van der Waals surface area contributed by atoms with Crippen LogP contribution in [0, 0.1) is 0 Å². The average Bonchev–Trinajstić information content (AvgIpc) is 3.11. The number of aryl methyl sites for hydroxylation is 1. The minimum atomic E-state index is -5.05. The van der Waals surface area contributed by atoms with Crippen molar-refractivity contribution >= 4 is 28.8 Å². The maximum absolute atomic E-state index is 13.5. The van der Waals surface area contributed by atoms with Crippen molar-refractivity contribution < 1.29 is 23.1 Å². The molecule has 10 heteroatoms. The van der Waals surface area contributed by atoms with Gasteiger partial charge in [-0.2, -0.15) is 13.2 Å². The van der Waals surface area contributed by atoms with Crippen molar-refractivity contribution in [2.45, 2.75) is 31.7 Å². The zero-order valence-electron chi connectivity index (χ0n) is 13.5. The molecule has 2 rings (SSSR count). The van der Waals surface area contributed by atoms with Gasteiger partial charge in [0.1, 0.15) is 0 Å². The highest BCUT2D eigenvalue weighted by molar-refractivity contribution is 7.16. The van der Waals surface area contributed by atoms with Crippen LogP contribution >= 0.6 is 22.9 Å². The Balaban J connectivity index is 2.25. The number of thiophene rings is 1. The molecule has 1 atom stereocenters. The summed E-state index contributed by atoms with van der Waals surface area (Å²) in [4.78, 5) is 18.0. The van der Waals surface area contributed by atoms with Gasteiger partial charge in [0.15, 0.2) is 5.82 Å². The third-order valence-corrected chi connectivity index (χ3v) is 4.99. The third-order valence-electron chi connectivity index (χ3n) is 3.78. The van der Waals surface area contributed by atoms with Crippen molar-refractivity contribution in [3.8, 4) is 0 Å². The molecule has 1 amide bonds. The van der Waals surface area contributed by atoms with Gasteiger partial charge in [0.25, 0.3) is 0 Å². The number of halogens is 4.